The number of ether oxygens (including phenoxy) is 2. The van der Waals surface area contributed by atoms with Gasteiger partial charge in [-0.15, -0.1) is 0 Å². The highest BCUT2D eigenvalue weighted by atomic mass is 79.9. The molecule has 6 rings (SSSR count). The molecule has 0 radical (unpaired) electrons. The number of nitrogens with one attached hydrogen (secondary N) is 2. The van der Waals surface area contributed by atoms with E-state index in [2.05, 4.69) is 26.6 Å². The Morgan fingerprint density at radius 3 is 2.62 bits per heavy atom. The molecule has 0 aromatic heterocycles. The number of carbonyl (C=O) groups excluding carboxylic acids is 3. The van der Waals surface area contributed by atoms with E-state index in [-0.39, 0.29) is 30.3 Å². The third-order valence-electron chi connectivity index (χ3n) is 8.48. The summed E-state index contributed by atoms with van der Waals surface area (Å²) < 4.78 is 12.7. The number of fused-ring (bicyclic) bond motifs is 1. The molecule has 4 aliphatic rings. The molecular formula is C30H32BrN3O5. The first-order valence-electron chi connectivity index (χ1n) is 13.6. The number of benzene rings is 2. The van der Waals surface area contributed by atoms with E-state index in [0.717, 1.165) is 35.7 Å². The molecule has 3 aliphatic heterocycles. The van der Waals surface area contributed by atoms with Gasteiger partial charge in [0.15, 0.2) is 0 Å². The number of amides is 3. The number of methoxy groups -OCH3 is 1. The van der Waals surface area contributed by atoms with Crippen molar-refractivity contribution in [3.05, 3.63) is 70.7 Å². The summed E-state index contributed by atoms with van der Waals surface area (Å²) in [6.07, 6.45) is 8.29. The second-order valence-corrected chi connectivity index (χ2v) is 11.8. The fourth-order valence-electron chi connectivity index (χ4n) is 6.69. The van der Waals surface area contributed by atoms with Crippen LogP contribution in [-0.4, -0.2) is 53.5 Å². The first kappa shape index (κ1) is 26.1. The van der Waals surface area contributed by atoms with Crippen molar-refractivity contribution >= 4 is 39.3 Å². The normalized spacial score (nSPS) is 29.4. The zero-order valence-corrected chi connectivity index (χ0v) is 23.4. The van der Waals surface area contributed by atoms with Crippen LogP contribution in [0.5, 0.6) is 5.75 Å². The van der Waals surface area contributed by atoms with E-state index < -0.39 is 29.6 Å². The average Bonchev–Trinajstić information content (AvgIpc) is 3.58. The molecule has 3 amide bonds. The van der Waals surface area contributed by atoms with Crippen LogP contribution in [0.3, 0.4) is 0 Å². The van der Waals surface area contributed by atoms with E-state index in [4.69, 9.17) is 9.47 Å². The summed E-state index contributed by atoms with van der Waals surface area (Å²) in [5.74, 6) is -1.63. The van der Waals surface area contributed by atoms with Crippen LogP contribution in [-0.2, 0) is 25.7 Å². The molecule has 2 saturated heterocycles. The predicted octanol–water partition coefficient (Wildman–Crippen LogP) is 4.20. The van der Waals surface area contributed by atoms with Crippen LogP contribution in [0.15, 0.2) is 65.2 Å². The van der Waals surface area contributed by atoms with Gasteiger partial charge in [0.05, 0.1) is 25.0 Å². The standard InChI is InChI=1S/C30H32BrN3O5/c1-38-22-9-5-6-18(16-22)17-34-26(28(36)33-20-7-3-2-4-8-20)30-15-14-23(39-30)24(25(30)29(34)37)27(35)32-21-12-10-19(31)11-13-21/h5-6,9-16,20,23-26H,2-4,7-8,17H2,1H3,(H,32,35)(H,33,36)/t23-,24+,25-,26-,30+/m1/s1. The number of anilines is 1. The minimum Gasteiger partial charge on any atom is -0.497 e. The Morgan fingerprint density at radius 2 is 1.87 bits per heavy atom. The van der Waals surface area contributed by atoms with Gasteiger partial charge in [0.2, 0.25) is 17.7 Å². The molecule has 2 bridgehead atoms. The minimum absolute atomic E-state index is 0.0783. The summed E-state index contributed by atoms with van der Waals surface area (Å²) in [6.45, 7) is 0.208. The van der Waals surface area contributed by atoms with E-state index in [1.54, 1.807) is 24.1 Å². The topological polar surface area (TPSA) is 97.0 Å². The Bertz CT molecular complexity index is 1310. The fraction of sp³-hybridized carbons (Fsp3) is 0.433. The molecule has 204 valence electrons. The molecule has 39 heavy (non-hydrogen) atoms. The van der Waals surface area contributed by atoms with Crippen molar-refractivity contribution in [1.29, 1.82) is 0 Å². The molecule has 8 nitrogen and oxygen atoms in total. The van der Waals surface area contributed by atoms with E-state index >= 15 is 0 Å². The van der Waals surface area contributed by atoms with Crippen LogP contribution >= 0.6 is 15.9 Å². The summed E-state index contributed by atoms with van der Waals surface area (Å²) in [4.78, 5) is 43.3. The van der Waals surface area contributed by atoms with Crippen molar-refractivity contribution in [3.8, 4) is 5.75 Å². The van der Waals surface area contributed by atoms with E-state index in [1.165, 1.54) is 6.42 Å². The zero-order valence-electron chi connectivity index (χ0n) is 21.8. The molecule has 2 aromatic carbocycles. The molecule has 1 aliphatic carbocycles. The van der Waals surface area contributed by atoms with Gasteiger partial charge in [-0.1, -0.05) is 59.5 Å². The quantitative estimate of drug-likeness (QED) is 0.469. The molecule has 2 aromatic rings. The first-order valence-corrected chi connectivity index (χ1v) is 14.4. The molecule has 5 atom stereocenters. The van der Waals surface area contributed by atoms with E-state index in [0.29, 0.717) is 11.4 Å². The Morgan fingerprint density at radius 1 is 1.10 bits per heavy atom. The first-order chi connectivity index (χ1) is 18.9. The van der Waals surface area contributed by atoms with Gasteiger partial charge in [0, 0.05) is 22.7 Å². The molecule has 2 N–H and O–H groups in total. The van der Waals surface area contributed by atoms with Crippen molar-refractivity contribution in [3.63, 3.8) is 0 Å². The highest BCUT2D eigenvalue weighted by molar-refractivity contribution is 9.10. The number of halogens is 1. The SMILES string of the molecule is COc1cccc(CN2C(=O)[C@H]3[C@@H](C(=O)Nc4ccc(Br)cc4)[C@H]4C=C[C@@]3(O4)[C@H]2C(=O)NC2CCCCC2)c1. The number of rotatable bonds is 7. The Labute approximate surface area is 236 Å². The van der Waals surface area contributed by atoms with E-state index in [1.807, 2.05) is 48.6 Å². The molecule has 9 heteroatoms. The zero-order chi connectivity index (χ0) is 27.1. The van der Waals surface area contributed by atoms with Gasteiger partial charge >= 0.3 is 0 Å². The lowest BCUT2D eigenvalue weighted by Crippen LogP contribution is -2.56. The lowest BCUT2D eigenvalue weighted by Gasteiger charge is -2.34. The maximum Gasteiger partial charge on any atom is 0.246 e. The lowest BCUT2D eigenvalue weighted by atomic mass is 9.74. The highest BCUT2D eigenvalue weighted by Crippen LogP contribution is 2.55. The summed E-state index contributed by atoms with van der Waals surface area (Å²) in [5, 5.41) is 6.18. The van der Waals surface area contributed by atoms with Gasteiger partial charge in [-0.25, -0.2) is 0 Å². The summed E-state index contributed by atoms with van der Waals surface area (Å²) in [7, 11) is 1.59. The van der Waals surface area contributed by atoms with E-state index in [9.17, 15) is 14.4 Å². The van der Waals surface area contributed by atoms with Gasteiger partial charge in [-0.3, -0.25) is 14.4 Å². The van der Waals surface area contributed by atoms with Gasteiger partial charge in [-0.05, 0) is 54.8 Å². The molecule has 0 unspecified atom stereocenters. The fourth-order valence-corrected chi connectivity index (χ4v) is 6.96. The summed E-state index contributed by atoms with van der Waals surface area (Å²) in [5.41, 5.74) is 0.277. The lowest BCUT2D eigenvalue weighted by molar-refractivity contribution is -0.142. The molecule has 1 saturated carbocycles. The monoisotopic (exact) mass is 593 g/mol. The Kier molecular flexibility index (Phi) is 6.97. The number of carbonyl (C=O) groups is 3. The van der Waals surface area contributed by atoms with Crippen molar-refractivity contribution in [2.24, 2.45) is 11.8 Å². The summed E-state index contributed by atoms with van der Waals surface area (Å²) >= 11 is 3.41. The third-order valence-corrected chi connectivity index (χ3v) is 9.00. The number of hydrogen-bond donors (Lipinski definition) is 2. The van der Waals surface area contributed by atoms with Crippen LogP contribution in [0.25, 0.3) is 0 Å². The average molecular weight is 595 g/mol. The number of hydrogen-bond acceptors (Lipinski definition) is 5. The smallest absolute Gasteiger partial charge is 0.246 e. The van der Waals surface area contributed by atoms with Gasteiger partial charge in [0.25, 0.3) is 0 Å². The second-order valence-electron chi connectivity index (χ2n) is 10.9. The van der Waals surface area contributed by atoms with Gasteiger partial charge in [-0.2, -0.15) is 0 Å². The third kappa shape index (κ3) is 4.65. The van der Waals surface area contributed by atoms with Crippen molar-refractivity contribution in [2.75, 3.05) is 12.4 Å². The number of likely N-dealkylation sites (tertiary alicyclic amines) is 1. The minimum atomic E-state index is -1.19. The van der Waals surface area contributed by atoms with Crippen molar-refractivity contribution in [2.45, 2.75) is 62.4 Å². The molecular weight excluding hydrogens is 562 g/mol. The van der Waals surface area contributed by atoms with Gasteiger partial charge < -0.3 is 25.0 Å². The van der Waals surface area contributed by atoms with Crippen LogP contribution in [0.4, 0.5) is 5.69 Å². The maximum absolute atomic E-state index is 14.2. The van der Waals surface area contributed by atoms with Crippen LogP contribution in [0.2, 0.25) is 0 Å². The van der Waals surface area contributed by atoms with Crippen molar-refractivity contribution < 1.29 is 23.9 Å². The number of nitrogens with zero attached hydrogens (tertiary/aromatic N) is 1. The predicted molar refractivity (Wildman–Crippen MR) is 149 cm³/mol. The van der Waals surface area contributed by atoms with Crippen LogP contribution < -0.4 is 15.4 Å². The molecule has 3 heterocycles. The van der Waals surface area contributed by atoms with Gasteiger partial charge in [0.1, 0.15) is 17.4 Å². The summed E-state index contributed by atoms with van der Waals surface area (Å²) in [6, 6.07) is 14.0. The Hall–Kier alpha value is -3.17. The molecule has 3 fully saturated rings. The van der Waals surface area contributed by atoms with Crippen molar-refractivity contribution in [1.82, 2.24) is 10.2 Å². The highest BCUT2D eigenvalue weighted by Gasteiger charge is 2.72. The Balaban J connectivity index is 1.32. The maximum atomic E-state index is 14.2. The largest absolute Gasteiger partial charge is 0.497 e. The van der Waals surface area contributed by atoms with Crippen LogP contribution in [0, 0.1) is 11.8 Å². The van der Waals surface area contributed by atoms with Crippen LogP contribution in [0.1, 0.15) is 37.7 Å². The second kappa shape index (κ2) is 10.4. The molecule has 1 spiro atoms.